The quantitative estimate of drug-likeness (QED) is 0.679. The van der Waals surface area contributed by atoms with Crippen LogP contribution in [0.3, 0.4) is 0 Å². The minimum absolute atomic E-state index is 0.0693. The Kier molecular flexibility index (Phi) is 3.68. The van der Waals surface area contributed by atoms with E-state index in [0.29, 0.717) is 6.54 Å². The molecular formula is C12H18N2O2. The van der Waals surface area contributed by atoms with Crippen LogP contribution in [0.25, 0.3) is 0 Å². The molecule has 88 valence electrons. The van der Waals surface area contributed by atoms with Crippen molar-refractivity contribution in [2.75, 3.05) is 26.2 Å². The first-order chi connectivity index (χ1) is 7.77. The van der Waals surface area contributed by atoms with Crippen molar-refractivity contribution < 1.29 is 9.90 Å². The lowest BCUT2D eigenvalue weighted by Gasteiger charge is -2.16. The van der Waals surface area contributed by atoms with Crippen LogP contribution in [-0.2, 0) is 0 Å². The van der Waals surface area contributed by atoms with Gasteiger partial charge in [0.15, 0.2) is 0 Å². The third kappa shape index (κ3) is 2.67. The van der Waals surface area contributed by atoms with Gasteiger partial charge < -0.3 is 5.11 Å². The van der Waals surface area contributed by atoms with Gasteiger partial charge in [0, 0.05) is 6.54 Å². The van der Waals surface area contributed by atoms with Crippen LogP contribution in [0.2, 0.25) is 0 Å². The molecule has 0 spiro atoms. The van der Waals surface area contributed by atoms with Gasteiger partial charge >= 0.3 is 6.09 Å². The topological polar surface area (TPSA) is 43.8 Å². The average molecular weight is 222 g/mol. The largest absolute Gasteiger partial charge is 0.465 e. The van der Waals surface area contributed by atoms with Crippen molar-refractivity contribution in [3.8, 4) is 11.8 Å². The van der Waals surface area contributed by atoms with Crippen molar-refractivity contribution in [1.29, 1.82) is 0 Å². The summed E-state index contributed by atoms with van der Waals surface area (Å²) in [6.45, 7) is 3.71. The van der Waals surface area contributed by atoms with E-state index < -0.39 is 6.09 Å². The van der Waals surface area contributed by atoms with E-state index in [9.17, 15) is 4.79 Å². The van der Waals surface area contributed by atoms with Crippen LogP contribution in [-0.4, -0.2) is 53.2 Å². The van der Waals surface area contributed by atoms with Crippen molar-refractivity contribution in [2.45, 2.75) is 31.7 Å². The first-order valence-electron chi connectivity index (χ1n) is 5.97. The molecule has 1 amide bonds. The van der Waals surface area contributed by atoms with Crippen LogP contribution in [0.4, 0.5) is 4.79 Å². The van der Waals surface area contributed by atoms with Gasteiger partial charge in [0.1, 0.15) is 0 Å². The zero-order valence-corrected chi connectivity index (χ0v) is 9.48. The van der Waals surface area contributed by atoms with Crippen LogP contribution in [0.1, 0.15) is 25.7 Å². The molecule has 0 aromatic carbocycles. The molecule has 0 aliphatic carbocycles. The van der Waals surface area contributed by atoms with Crippen LogP contribution in [0, 0.1) is 11.8 Å². The minimum Gasteiger partial charge on any atom is -0.465 e. The summed E-state index contributed by atoms with van der Waals surface area (Å²) in [4.78, 5) is 14.7. The van der Waals surface area contributed by atoms with Crippen LogP contribution in [0.15, 0.2) is 0 Å². The lowest BCUT2D eigenvalue weighted by molar-refractivity contribution is 0.148. The molecule has 4 nitrogen and oxygen atoms in total. The predicted octanol–water partition coefficient (Wildman–Crippen LogP) is 1.23. The summed E-state index contributed by atoms with van der Waals surface area (Å²) in [6, 6.07) is -0.0693. The molecule has 2 heterocycles. The molecule has 1 atom stereocenters. The van der Waals surface area contributed by atoms with E-state index in [1.807, 2.05) is 0 Å². The van der Waals surface area contributed by atoms with E-state index in [4.69, 9.17) is 5.11 Å². The molecule has 1 N–H and O–H groups in total. The molecule has 2 aliphatic rings. The van der Waals surface area contributed by atoms with Gasteiger partial charge in [-0.05, 0) is 38.8 Å². The maximum absolute atomic E-state index is 10.9. The fourth-order valence-corrected chi connectivity index (χ4v) is 2.36. The molecule has 0 unspecified atom stereocenters. The van der Waals surface area contributed by atoms with Crippen LogP contribution < -0.4 is 0 Å². The van der Waals surface area contributed by atoms with Crippen molar-refractivity contribution in [1.82, 2.24) is 9.80 Å². The molecule has 0 radical (unpaired) electrons. The molecule has 16 heavy (non-hydrogen) atoms. The first kappa shape index (κ1) is 11.3. The Labute approximate surface area is 96.2 Å². The number of carbonyl (C=O) groups is 1. The summed E-state index contributed by atoms with van der Waals surface area (Å²) in [5.41, 5.74) is 0. The highest BCUT2D eigenvalue weighted by atomic mass is 16.4. The zero-order valence-electron chi connectivity index (χ0n) is 9.48. The van der Waals surface area contributed by atoms with Gasteiger partial charge in [-0.3, -0.25) is 9.80 Å². The molecule has 0 aromatic rings. The summed E-state index contributed by atoms with van der Waals surface area (Å²) in [6.07, 6.45) is 3.53. The molecule has 4 heteroatoms. The normalized spacial score (nSPS) is 25.5. The number of amides is 1. The second-order valence-corrected chi connectivity index (χ2v) is 4.44. The maximum atomic E-state index is 10.9. The fraction of sp³-hybridized carbons (Fsp3) is 0.750. The molecule has 0 bridgehead atoms. The van der Waals surface area contributed by atoms with Gasteiger partial charge in [-0.25, -0.2) is 4.79 Å². The monoisotopic (exact) mass is 222 g/mol. The third-order valence-corrected chi connectivity index (χ3v) is 3.27. The van der Waals surface area contributed by atoms with Gasteiger partial charge in [-0.1, -0.05) is 11.8 Å². The van der Waals surface area contributed by atoms with Crippen LogP contribution >= 0.6 is 0 Å². The van der Waals surface area contributed by atoms with Gasteiger partial charge in [-0.15, -0.1) is 0 Å². The summed E-state index contributed by atoms with van der Waals surface area (Å²) >= 11 is 0. The third-order valence-electron chi connectivity index (χ3n) is 3.27. The molecule has 2 rings (SSSR count). The van der Waals surface area contributed by atoms with E-state index in [-0.39, 0.29) is 6.04 Å². The number of carboxylic acid groups (broad SMARTS) is 1. The summed E-state index contributed by atoms with van der Waals surface area (Å²) in [5, 5.41) is 8.94. The number of rotatable bonds is 1. The standard InChI is InChI=1S/C12H18N2O2/c15-12(16)14-10-4-6-11(14)5-3-9-13-7-1-2-8-13/h11H,1-2,4,6-10H2,(H,15,16)/t11-/m1/s1. The van der Waals surface area contributed by atoms with Gasteiger partial charge in [0.05, 0.1) is 12.6 Å². The average Bonchev–Trinajstić information content (AvgIpc) is 2.87. The maximum Gasteiger partial charge on any atom is 0.408 e. The van der Waals surface area contributed by atoms with Gasteiger partial charge in [0.25, 0.3) is 0 Å². The van der Waals surface area contributed by atoms with Crippen molar-refractivity contribution >= 4 is 6.09 Å². The summed E-state index contributed by atoms with van der Waals surface area (Å²) in [7, 11) is 0. The molecule has 2 fully saturated rings. The molecule has 2 saturated heterocycles. The highest BCUT2D eigenvalue weighted by molar-refractivity contribution is 5.66. The second-order valence-electron chi connectivity index (χ2n) is 4.44. The molecule has 2 aliphatic heterocycles. The Bertz CT molecular complexity index is 313. The second kappa shape index (κ2) is 5.22. The van der Waals surface area contributed by atoms with E-state index in [1.165, 1.54) is 17.7 Å². The number of nitrogens with zero attached hydrogens (tertiary/aromatic N) is 2. The van der Waals surface area contributed by atoms with E-state index >= 15 is 0 Å². The SMILES string of the molecule is O=C(O)N1CCC[C@H]1C#CCN1CCCC1. The molecular weight excluding hydrogens is 204 g/mol. The Balaban J connectivity index is 1.83. The van der Waals surface area contributed by atoms with Gasteiger partial charge in [-0.2, -0.15) is 0 Å². The van der Waals surface area contributed by atoms with Crippen molar-refractivity contribution in [3.63, 3.8) is 0 Å². The van der Waals surface area contributed by atoms with E-state index in [0.717, 1.165) is 32.5 Å². The van der Waals surface area contributed by atoms with Crippen LogP contribution in [0.5, 0.6) is 0 Å². The first-order valence-corrected chi connectivity index (χ1v) is 5.97. The minimum atomic E-state index is -0.835. The van der Waals surface area contributed by atoms with Gasteiger partial charge in [0.2, 0.25) is 0 Å². The molecule has 0 aromatic heterocycles. The lowest BCUT2D eigenvalue weighted by Crippen LogP contribution is -2.33. The Morgan fingerprint density at radius 2 is 2.00 bits per heavy atom. The predicted molar refractivity (Wildman–Crippen MR) is 61.2 cm³/mol. The Morgan fingerprint density at radius 3 is 2.69 bits per heavy atom. The fourth-order valence-electron chi connectivity index (χ4n) is 2.36. The summed E-state index contributed by atoms with van der Waals surface area (Å²) < 4.78 is 0. The van der Waals surface area contributed by atoms with Crippen molar-refractivity contribution in [2.24, 2.45) is 0 Å². The van der Waals surface area contributed by atoms with E-state index in [1.54, 1.807) is 0 Å². The highest BCUT2D eigenvalue weighted by Gasteiger charge is 2.26. The number of hydrogen-bond acceptors (Lipinski definition) is 2. The smallest absolute Gasteiger partial charge is 0.408 e. The molecule has 0 saturated carbocycles. The lowest BCUT2D eigenvalue weighted by atomic mass is 10.2. The Morgan fingerprint density at radius 1 is 1.25 bits per heavy atom. The highest BCUT2D eigenvalue weighted by Crippen LogP contribution is 2.16. The Hall–Kier alpha value is -1.21. The number of likely N-dealkylation sites (tertiary alicyclic amines) is 2. The summed E-state index contributed by atoms with van der Waals surface area (Å²) in [5.74, 6) is 6.22. The van der Waals surface area contributed by atoms with Crippen molar-refractivity contribution in [3.05, 3.63) is 0 Å². The van der Waals surface area contributed by atoms with E-state index in [2.05, 4.69) is 16.7 Å². The zero-order chi connectivity index (χ0) is 11.4. The number of hydrogen-bond donors (Lipinski definition) is 1.